The van der Waals surface area contributed by atoms with E-state index in [4.69, 9.17) is 5.11 Å². The van der Waals surface area contributed by atoms with E-state index < -0.39 is 5.97 Å². The van der Waals surface area contributed by atoms with Gasteiger partial charge in [-0.1, -0.05) is 0 Å². The predicted molar refractivity (Wildman–Crippen MR) is 60.0 cm³/mol. The average molecular weight is 216 g/mol. The van der Waals surface area contributed by atoms with Crippen molar-refractivity contribution in [2.24, 2.45) is 0 Å². The summed E-state index contributed by atoms with van der Waals surface area (Å²) in [4.78, 5) is 14.7. The highest BCUT2D eigenvalue weighted by Crippen LogP contribution is 2.14. The second-order valence-corrected chi connectivity index (χ2v) is 3.77. The molecule has 0 amide bonds. The van der Waals surface area contributed by atoms with Gasteiger partial charge in [-0.2, -0.15) is 0 Å². The van der Waals surface area contributed by atoms with Gasteiger partial charge >= 0.3 is 5.97 Å². The zero-order chi connectivity index (χ0) is 11.7. The van der Waals surface area contributed by atoms with E-state index in [1.165, 1.54) is 17.3 Å². The first-order valence-corrected chi connectivity index (χ1v) is 4.92. The lowest BCUT2D eigenvalue weighted by Gasteiger charge is -2.02. The van der Waals surface area contributed by atoms with Gasteiger partial charge in [0, 0.05) is 18.6 Å². The highest BCUT2D eigenvalue weighted by atomic mass is 16.4. The molecular weight excluding hydrogens is 204 g/mol. The number of rotatable bonds is 2. The van der Waals surface area contributed by atoms with Gasteiger partial charge in [0.1, 0.15) is 0 Å². The van der Waals surface area contributed by atoms with Crippen molar-refractivity contribution in [1.82, 2.24) is 9.55 Å². The van der Waals surface area contributed by atoms with Crippen molar-refractivity contribution in [1.29, 1.82) is 0 Å². The fourth-order valence-corrected chi connectivity index (χ4v) is 1.49. The molecule has 4 nitrogen and oxygen atoms in total. The third-order valence-electron chi connectivity index (χ3n) is 2.56. The fraction of sp³-hybridized carbons (Fsp3) is 0.167. The molecule has 2 rings (SSSR count). The first-order chi connectivity index (χ1) is 7.58. The summed E-state index contributed by atoms with van der Waals surface area (Å²) in [6.45, 7) is 4.03. The summed E-state index contributed by atoms with van der Waals surface area (Å²) in [5, 5.41) is 8.87. The summed E-state index contributed by atoms with van der Waals surface area (Å²) in [6.07, 6.45) is 6.90. The molecule has 0 spiro atoms. The van der Waals surface area contributed by atoms with Crippen LogP contribution in [0.3, 0.4) is 0 Å². The molecule has 82 valence electrons. The van der Waals surface area contributed by atoms with Crippen LogP contribution in [0.1, 0.15) is 21.5 Å². The molecule has 0 atom stereocenters. The molecule has 4 heteroatoms. The maximum atomic E-state index is 10.8. The quantitative estimate of drug-likeness (QED) is 0.837. The van der Waals surface area contributed by atoms with Gasteiger partial charge in [-0.05, 0) is 31.0 Å². The Morgan fingerprint density at radius 3 is 2.44 bits per heavy atom. The maximum absolute atomic E-state index is 10.8. The number of carboxylic acids is 1. The van der Waals surface area contributed by atoms with Gasteiger partial charge in [-0.15, -0.1) is 0 Å². The highest BCUT2D eigenvalue weighted by Gasteiger charge is 2.06. The normalized spacial score (nSPS) is 10.4. The molecular formula is C12H12N2O2. The lowest BCUT2D eigenvalue weighted by molar-refractivity contribution is 0.0696. The smallest absolute Gasteiger partial charge is 0.337 e. The third kappa shape index (κ3) is 1.82. The number of pyridine rings is 1. The number of hydrogen-bond acceptors (Lipinski definition) is 2. The predicted octanol–water partition coefficient (Wildman–Crippen LogP) is 2.19. The number of carbonyl (C=O) groups is 1. The summed E-state index contributed by atoms with van der Waals surface area (Å²) in [6, 6.07) is 1.61. The Kier molecular flexibility index (Phi) is 2.48. The van der Waals surface area contributed by atoms with Crippen LogP contribution < -0.4 is 0 Å². The van der Waals surface area contributed by atoms with Crippen LogP contribution in [0.4, 0.5) is 0 Å². The summed E-state index contributed by atoms with van der Waals surface area (Å²) >= 11 is 0. The molecule has 0 aliphatic rings. The lowest BCUT2D eigenvalue weighted by atomic mass is 10.2. The molecule has 1 N–H and O–H groups in total. The van der Waals surface area contributed by atoms with Crippen molar-refractivity contribution < 1.29 is 9.90 Å². The Balaban J connectivity index is 2.48. The summed E-state index contributed by atoms with van der Waals surface area (Å²) in [5.41, 5.74) is 3.29. The number of nitrogens with zero attached hydrogens (tertiary/aromatic N) is 2. The number of aromatic carboxylic acids is 1. The van der Waals surface area contributed by atoms with Gasteiger partial charge in [-0.25, -0.2) is 4.79 Å². The van der Waals surface area contributed by atoms with Crippen molar-refractivity contribution in [3.05, 3.63) is 47.5 Å². The van der Waals surface area contributed by atoms with E-state index in [9.17, 15) is 4.79 Å². The molecule has 0 radical (unpaired) electrons. The molecule has 0 saturated heterocycles. The van der Waals surface area contributed by atoms with E-state index in [1.807, 2.05) is 30.8 Å². The molecule has 0 bridgehead atoms. The molecule has 2 aromatic rings. The van der Waals surface area contributed by atoms with E-state index in [0.717, 1.165) is 5.69 Å². The number of aryl methyl sites for hydroxylation is 2. The number of carboxylic acid groups (broad SMARTS) is 1. The molecule has 2 aromatic heterocycles. The Labute approximate surface area is 93.2 Å². The minimum Gasteiger partial charge on any atom is -0.478 e. The summed E-state index contributed by atoms with van der Waals surface area (Å²) < 4.78 is 1.88. The van der Waals surface area contributed by atoms with Crippen molar-refractivity contribution in [3.8, 4) is 5.69 Å². The fourth-order valence-electron chi connectivity index (χ4n) is 1.49. The Bertz CT molecular complexity index is 524. The van der Waals surface area contributed by atoms with Crippen LogP contribution in [0.15, 0.2) is 30.9 Å². The lowest BCUT2D eigenvalue weighted by Crippen LogP contribution is -2.00. The van der Waals surface area contributed by atoms with Crippen LogP contribution in [-0.2, 0) is 0 Å². The van der Waals surface area contributed by atoms with Crippen LogP contribution in [0.25, 0.3) is 5.69 Å². The zero-order valence-corrected chi connectivity index (χ0v) is 9.14. The van der Waals surface area contributed by atoms with Crippen LogP contribution in [0.5, 0.6) is 0 Å². The monoisotopic (exact) mass is 216 g/mol. The van der Waals surface area contributed by atoms with Gasteiger partial charge in [0.15, 0.2) is 0 Å². The molecule has 2 heterocycles. The van der Waals surface area contributed by atoms with Crippen molar-refractivity contribution >= 4 is 5.97 Å². The molecule has 16 heavy (non-hydrogen) atoms. The number of hydrogen-bond donors (Lipinski definition) is 1. The zero-order valence-electron chi connectivity index (χ0n) is 9.14. The number of aromatic nitrogens is 2. The Morgan fingerprint density at radius 2 is 1.88 bits per heavy atom. The maximum Gasteiger partial charge on any atom is 0.337 e. The van der Waals surface area contributed by atoms with Gasteiger partial charge in [0.25, 0.3) is 0 Å². The van der Waals surface area contributed by atoms with Gasteiger partial charge in [0.2, 0.25) is 0 Å². The van der Waals surface area contributed by atoms with E-state index in [1.54, 1.807) is 12.3 Å². The van der Waals surface area contributed by atoms with Crippen molar-refractivity contribution in [3.63, 3.8) is 0 Å². The van der Waals surface area contributed by atoms with E-state index in [0.29, 0.717) is 0 Å². The molecule has 0 unspecified atom stereocenters. The average Bonchev–Trinajstić information content (AvgIpc) is 2.59. The minimum atomic E-state index is -0.963. The standard InChI is InChI=1S/C12H12N2O2/c1-8-6-14(7-9(8)2)11-3-10(12(15)16)4-13-5-11/h3-7H,1-2H3,(H,15,16). The molecule has 0 saturated carbocycles. The van der Waals surface area contributed by atoms with E-state index in [2.05, 4.69) is 4.98 Å². The molecule has 0 fully saturated rings. The van der Waals surface area contributed by atoms with Crippen LogP contribution in [0, 0.1) is 13.8 Å². The Morgan fingerprint density at radius 1 is 1.25 bits per heavy atom. The van der Waals surface area contributed by atoms with E-state index in [-0.39, 0.29) is 5.56 Å². The van der Waals surface area contributed by atoms with Gasteiger partial charge < -0.3 is 9.67 Å². The first-order valence-electron chi connectivity index (χ1n) is 4.92. The second-order valence-electron chi connectivity index (χ2n) is 3.77. The van der Waals surface area contributed by atoms with Crippen LogP contribution in [0.2, 0.25) is 0 Å². The largest absolute Gasteiger partial charge is 0.478 e. The first kappa shape index (κ1) is 10.4. The molecule has 0 aliphatic carbocycles. The SMILES string of the molecule is Cc1cn(-c2cncc(C(=O)O)c2)cc1C. The Hall–Kier alpha value is -2.10. The van der Waals surface area contributed by atoms with E-state index >= 15 is 0 Å². The van der Waals surface area contributed by atoms with Crippen LogP contribution in [-0.4, -0.2) is 20.6 Å². The van der Waals surface area contributed by atoms with Crippen LogP contribution >= 0.6 is 0 Å². The summed E-state index contributed by atoms with van der Waals surface area (Å²) in [7, 11) is 0. The van der Waals surface area contributed by atoms with Crippen molar-refractivity contribution in [2.45, 2.75) is 13.8 Å². The summed E-state index contributed by atoms with van der Waals surface area (Å²) in [5.74, 6) is -0.963. The van der Waals surface area contributed by atoms with Gasteiger partial charge in [0.05, 0.1) is 17.4 Å². The highest BCUT2D eigenvalue weighted by molar-refractivity contribution is 5.87. The van der Waals surface area contributed by atoms with Gasteiger partial charge in [-0.3, -0.25) is 4.98 Å². The second kappa shape index (κ2) is 3.81. The third-order valence-corrected chi connectivity index (χ3v) is 2.56. The van der Waals surface area contributed by atoms with Crippen molar-refractivity contribution in [2.75, 3.05) is 0 Å². The molecule has 0 aromatic carbocycles. The topological polar surface area (TPSA) is 55.1 Å². The molecule has 0 aliphatic heterocycles. The minimum absolute atomic E-state index is 0.196.